The van der Waals surface area contributed by atoms with Gasteiger partial charge in [-0.1, -0.05) is 0 Å². The van der Waals surface area contributed by atoms with E-state index in [2.05, 4.69) is 21.5 Å². The molecule has 0 bridgehead atoms. The Labute approximate surface area is 122 Å². The highest BCUT2D eigenvalue weighted by atomic mass is 15.3. The van der Waals surface area contributed by atoms with E-state index in [1.165, 1.54) is 19.2 Å². The van der Waals surface area contributed by atoms with Crippen molar-refractivity contribution in [2.45, 2.75) is 32.4 Å². The highest BCUT2D eigenvalue weighted by Crippen LogP contribution is 2.24. The number of hydrogen-bond acceptors (Lipinski definition) is 5. The van der Waals surface area contributed by atoms with Gasteiger partial charge in [0.25, 0.3) is 0 Å². The summed E-state index contributed by atoms with van der Waals surface area (Å²) in [5.41, 5.74) is 2.32. The summed E-state index contributed by atoms with van der Waals surface area (Å²) in [6.07, 6.45) is 3.93. The molecule has 0 atom stereocenters. The average molecular weight is 281 g/mol. The Morgan fingerprint density at radius 1 is 1.38 bits per heavy atom. The highest BCUT2D eigenvalue weighted by molar-refractivity contribution is 5.46. The third-order valence-electron chi connectivity index (χ3n) is 3.67. The van der Waals surface area contributed by atoms with Gasteiger partial charge in [-0.25, -0.2) is 4.98 Å². The zero-order valence-electron chi connectivity index (χ0n) is 12.0. The van der Waals surface area contributed by atoms with E-state index in [0.717, 1.165) is 17.1 Å². The first-order valence-corrected chi connectivity index (χ1v) is 6.79. The third-order valence-corrected chi connectivity index (χ3v) is 3.67. The van der Waals surface area contributed by atoms with E-state index < -0.39 is 0 Å². The first-order valence-electron chi connectivity index (χ1n) is 6.79. The van der Waals surface area contributed by atoms with Crippen molar-refractivity contribution in [3.8, 4) is 18.0 Å². The maximum atomic E-state index is 9.29. The van der Waals surface area contributed by atoms with Crippen LogP contribution in [0.25, 0.3) is 5.82 Å². The van der Waals surface area contributed by atoms with Crippen molar-refractivity contribution in [3.05, 3.63) is 29.0 Å². The molecule has 1 aliphatic carbocycles. The molecule has 2 aromatic rings. The van der Waals surface area contributed by atoms with Crippen molar-refractivity contribution in [3.63, 3.8) is 0 Å². The smallest absolute Gasteiger partial charge is 0.177 e. The number of nitrogens with zero attached hydrogens (tertiary/aromatic N) is 6. The van der Waals surface area contributed by atoms with Crippen LogP contribution in [-0.4, -0.2) is 25.4 Å². The summed E-state index contributed by atoms with van der Waals surface area (Å²) < 4.78 is 3.37. The molecule has 0 aliphatic heterocycles. The van der Waals surface area contributed by atoms with Crippen molar-refractivity contribution < 1.29 is 0 Å². The van der Waals surface area contributed by atoms with Crippen molar-refractivity contribution in [2.75, 3.05) is 0 Å². The van der Waals surface area contributed by atoms with Gasteiger partial charge in [-0.2, -0.15) is 15.6 Å². The molecule has 1 aliphatic rings. The van der Waals surface area contributed by atoms with Gasteiger partial charge in [0.05, 0.1) is 5.69 Å². The number of aromatic nitrogens is 4. The normalized spacial score (nSPS) is 13.9. The largest absolute Gasteiger partial charge is 0.310 e. The van der Waals surface area contributed by atoms with Crippen LogP contribution >= 0.6 is 0 Å². The molecule has 3 rings (SSSR count). The molecule has 21 heavy (non-hydrogen) atoms. The molecule has 0 amide bonds. The summed E-state index contributed by atoms with van der Waals surface area (Å²) in [5.74, 6) is 0.784. The molecule has 7 heteroatoms. The predicted octanol–water partition coefficient (Wildman–Crippen LogP) is 0.910. The number of imidazole rings is 1. The van der Waals surface area contributed by atoms with Gasteiger partial charge in [-0.3, -0.25) is 9.25 Å². The fourth-order valence-corrected chi connectivity index (χ4v) is 2.43. The molecular weight excluding hydrogens is 266 g/mol. The molecule has 106 valence electrons. The summed E-state index contributed by atoms with van der Waals surface area (Å²) in [4.78, 5) is 4.00. The molecular formula is C14H15N7. The summed E-state index contributed by atoms with van der Waals surface area (Å²) in [7, 11) is 1.83. The van der Waals surface area contributed by atoms with Crippen LogP contribution in [0.3, 0.4) is 0 Å². The maximum Gasteiger partial charge on any atom is 0.177 e. The Kier molecular flexibility index (Phi) is 3.20. The number of hydrogen-bond donors (Lipinski definition) is 1. The maximum absolute atomic E-state index is 9.29. The third kappa shape index (κ3) is 2.28. The van der Waals surface area contributed by atoms with Crippen LogP contribution in [0.4, 0.5) is 0 Å². The lowest BCUT2D eigenvalue weighted by Gasteiger charge is -2.09. The molecule has 0 radical (unpaired) electrons. The predicted molar refractivity (Wildman–Crippen MR) is 74.4 cm³/mol. The lowest BCUT2D eigenvalue weighted by Crippen LogP contribution is -2.17. The van der Waals surface area contributed by atoms with Gasteiger partial charge in [0, 0.05) is 25.2 Å². The molecule has 2 aromatic heterocycles. The van der Waals surface area contributed by atoms with Gasteiger partial charge in [-0.05, 0) is 19.8 Å². The number of nitriles is 2. The Bertz CT molecular complexity index is 765. The summed E-state index contributed by atoms with van der Waals surface area (Å²) in [5, 5.41) is 26.2. The van der Waals surface area contributed by atoms with E-state index in [1.807, 2.05) is 20.0 Å². The van der Waals surface area contributed by atoms with E-state index in [4.69, 9.17) is 5.26 Å². The summed E-state index contributed by atoms with van der Waals surface area (Å²) in [6.45, 7) is 2.65. The molecule has 7 nitrogen and oxygen atoms in total. The van der Waals surface area contributed by atoms with Gasteiger partial charge < -0.3 is 5.32 Å². The second-order valence-corrected chi connectivity index (χ2v) is 5.20. The van der Waals surface area contributed by atoms with Crippen LogP contribution in [0.1, 0.15) is 35.5 Å². The zero-order valence-corrected chi connectivity index (χ0v) is 12.0. The van der Waals surface area contributed by atoms with Crippen LogP contribution in [0.15, 0.2) is 6.33 Å². The minimum absolute atomic E-state index is 0.137. The average Bonchev–Trinajstić information content (AvgIpc) is 3.13. The second kappa shape index (κ2) is 5.04. The molecule has 2 heterocycles. The molecule has 1 fully saturated rings. The Balaban J connectivity index is 2.07. The van der Waals surface area contributed by atoms with Gasteiger partial charge in [0.15, 0.2) is 11.4 Å². The van der Waals surface area contributed by atoms with Crippen molar-refractivity contribution >= 4 is 0 Å². The second-order valence-electron chi connectivity index (χ2n) is 5.20. The van der Waals surface area contributed by atoms with Crippen molar-refractivity contribution in [2.24, 2.45) is 7.05 Å². The van der Waals surface area contributed by atoms with Crippen molar-refractivity contribution in [1.29, 1.82) is 10.5 Å². The van der Waals surface area contributed by atoms with E-state index in [-0.39, 0.29) is 11.4 Å². The lowest BCUT2D eigenvalue weighted by molar-refractivity contribution is 0.676. The Morgan fingerprint density at radius 2 is 2.14 bits per heavy atom. The summed E-state index contributed by atoms with van der Waals surface area (Å²) in [6, 6.07) is 4.58. The Morgan fingerprint density at radius 3 is 2.76 bits per heavy atom. The van der Waals surface area contributed by atoms with E-state index in [1.54, 1.807) is 9.25 Å². The molecule has 1 N–H and O–H groups in total. The lowest BCUT2D eigenvalue weighted by atomic mass is 10.2. The highest BCUT2D eigenvalue weighted by Gasteiger charge is 2.24. The van der Waals surface area contributed by atoms with Crippen LogP contribution in [0.2, 0.25) is 0 Å². The molecule has 0 spiro atoms. The van der Waals surface area contributed by atoms with Crippen molar-refractivity contribution in [1.82, 2.24) is 24.6 Å². The van der Waals surface area contributed by atoms with Crippen LogP contribution in [0.5, 0.6) is 0 Å². The van der Waals surface area contributed by atoms with E-state index >= 15 is 0 Å². The monoisotopic (exact) mass is 281 g/mol. The molecule has 0 saturated heterocycles. The Hall–Kier alpha value is -2.64. The van der Waals surface area contributed by atoms with Crippen LogP contribution < -0.4 is 5.32 Å². The fourth-order valence-electron chi connectivity index (χ4n) is 2.43. The van der Waals surface area contributed by atoms with E-state index in [0.29, 0.717) is 12.6 Å². The fraction of sp³-hybridized carbons (Fsp3) is 0.429. The summed E-state index contributed by atoms with van der Waals surface area (Å²) >= 11 is 0. The first kappa shape index (κ1) is 13.3. The van der Waals surface area contributed by atoms with Crippen LogP contribution in [0, 0.1) is 29.6 Å². The van der Waals surface area contributed by atoms with Gasteiger partial charge in [0.2, 0.25) is 0 Å². The minimum Gasteiger partial charge on any atom is -0.310 e. The minimum atomic E-state index is 0.137. The van der Waals surface area contributed by atoms with Crippen LogP contribution in [-0.2, 0) is 13.6 Å². The topological polar surface area (TPSA) is 95.2 Å². The molecule has 0 aromatic carbocycles. The molecule has 1 saturated carbocycles. The number of nitrogens with one attached hydrogen (secondary N) is 1. The quantitative estimate of drug-likeness (QED) is 0.898. The standard InChI is InChI=1S/C14H15N7/c1-9-11(7-17-10-3-4-10)14(20(2)19-9)21-8-18-12(5-15)13(21)6-16/h8,10,17H,3-4,7H2,1-2H3. The molecule has 0 unspecified atom stereocenters. The van der Waals surface area contributed by atoms with Gasteiger partial charge in [0.1, 0.15) is 24.3 Å². The zero-order chi connectivity index (χ0) is 15.0. The first-order chi connectivity index (χ1) is 10.2. The number of rotatable bonds is 4. The van der Waals surface area contributed by atoms with Gasteiger partial charge in [-0.15, -0.1) is 0 Å². The number of aryl methyl sites for hydroxylation is 2. The van der Waals surface area contributed by atoms with Gasteiger partial charge >= 0.3 is 0 Å². The SMILES string of the molecule is Cc1nn(C)c(-n2cnc(C#N)c2C#N)c1CNC1CC1. The van der Waals surface area contributed by atoms with E-state index in [9.17, 15) is 5.26 Å².